The van der Waals surface area contributed by atoms with Crippen LogP contribution in [-0.2, 0) is 0 Å². The number of hydrogen-bond donors (Lipinski definition) is 0. The Labute approximate surface area is 153 Å². The molecule has 0 spiro atoms. The third-order valence-corrected chi connectivity index (χ3v) is 4.61. The van der Waals surface area contributed by atoms with Crippen LogP contribution < -0.4 is 9.47 Å². The molecular formula is C23H31O2. The Bertz CT molecular complexity index is 635. The monoisotopic (exact) mass is 339 g/mol. The molecule has 0 amide bonds. The van der Waals surface area contributed by atoms with E-state index in [9.17, 15) is 0 Å². The maximum absolute atomic E-state index is 5.89. The van der Waals surface area contributed by atoms with Crippen LogP contribution in [0.25, 0.3) is 0 Å². The van der Waals surface area contributed by atoms with E-state index < -0.39 is 0 Å². The third-order valence-electron chi connectivity index (χ3n) is 4.61. The lowest BCUT2D eigenvalue weighted by atomic mass is 9.77. The van der Waals surface area contributed by atoms with Gasteiger partial charge < -0.3 is 9.47 Å². The van der Waals surface area contributed by atoms with E-state index in [-0.39, 0.29) is 0 Å². The topological polar surface area (TPSA) is 18.5 Å². The van der Waals surface area contributed by atoms with Crippen molar-refractivity contribution >= 4 is 0 Å². The van der Waals surface area contributed by atoms with E-state index in [4.69, 9.17) is 9.47 Å². The maximum atomic E-state index is 5.89. The molecule has 135 valence electrons. The van der Waals surface area contributed by atoms with Crippen LogP contribution in [0.15, 0.2) is 48.5 Å². The molecular weight excluding hydrogens is 308 g/mol. The van der Waals surface area contributed by atoms with Crippen LogP contribution >= 0.6 is 0 Å². The summed E-state index contributed by atoms with van der Waals surface area (Å²) in [6, 6.07) is 16.9. The molecule has 2 aromatic rings. The first-order valence-corrected chi connectivity index (χ1v) is 9.48. The van der Waals surface area contributed by atoms with Crippen molar-refractivity contribution < 1.29 is 9.47 Å². The molecule has 0 N–H and O–H groups in total. The Morgan fingerprint density at radius 2 is 1.64 bits per heavy atom. The largest absolute Gasteiger partial charge is 0.494 e. The Hall–Kier alpha value is -1.96. The van der Waals surface area contributed by atoms with Crippen LogP contribution in [0.1, 0.15) is 63.0 Å². The lowest BCUT2D eigenvalue weighted by Crippen LogP contribution is -2.13. The molecule has 1 radical (unpaired) electrons. The predicted molar refractivity (Wildman–Crippen MR) is 106 cm³/mol. The fraction of sp³-hybridized carbons (Fsp3) is 0.435. The van der Waals surface area contributed by atoms with Gasteiger partial charge in [0.05, 0.1) is 13.2 Å². The average Bonchev–Trinajstić information content (AvgIpc) is 2.64. The standard InChI is InChI=1S/C23H31O2/c1-5-12-21(18-13-11-14-19(17-18)24-7-3)20(6-2)22-15-9-10-16-23(22)25-8-4/h9-11,13-17,20-21H,2,5-8,12H2,1,3-4H3. The van der Waals surface area contributed by atoms with Gasteiger partial charge in [-0.25, -0.2) is 0 Å². The van der Waals surface area contributed by atoms with Gasteiger partial charge in [-0.1, -0.05) is 50.6 Å². The van der Waals surface area contributed by atoms with E-state index in [1.807, 2.05) is 26.0 Å². The van der Waals surface area contributed by atoms with Crippen LogP contribution in [0.3, 0.4) is 0 Å². The van der Waals surface area contributed by atoms with Gasteiger partial charge in [-0.15, -0.1) is 0 Å². The van der Waals surface area contributed by atoms with Gasteiger partial charge in [0.25, 0.3) is 0 Å². The molecule has 0 saturated heterocycles. The smallest absolute Gasteiger partial charge is 0.122 e. The van der Waals surface area contributed by atoms with Gasteiger partial charge in [0.1, 0.15) is 11.5 Å². The van der Waals surface area contributed by atoms with Crippen LogP contribution in [0.5, 0.6) is 11.5 Å². The summed E-state index contributed by atoms with van der Waals surface area (Å²) >= 11 is 0. The number of benzene rings is 2. The molecule has 2 rings (SSSR count). The normalized spacial score (nSPS) is 13.3. The summed E-state index contributed by atoms with van der Waals surface area (Å²) in [4.78, 5) is 0. The Morgan fingerprint density at radius 1 is 0.880 bits per heavy atom. The lowest BCUT2D eigenvalue weighted by Gasteiger charge is -2.29. The van der Waals surface area contributed by atoms with Crippen LogP contribution in [0.4, 0.5) is 0 Å². The molecule has 0 fully saturated rings. The second-order valence-electron chi connectivity index (χ2n) is 6.27. The van der Waals surface area contributed by atoms with Crippen LogP contribution in [0, 0.1) is 6.92 Å². The van der Waals surface area contributed by atoms with Gasteiger partial charge in [0.2, 0.25) is 0 Å². The Morgan fingerprint density at radius 3 is 2.32 bits per heavy atom. The molecule has 0 aromatic heterocycles. The summed E-state index contributed by atoms with van der Waals surface area (Å²) < 4.78 is 11.6. The summed E-state index contributed by atoms with van der Waals surface area (Å²) in [6.45, 7) is 11.9. The summed E-state index contributed by atoms with van der Waals surface area (Å²) in [5, 5.41) is 0. The SMILES string of the molecule is [CH2]CC(c1ccccc1OCC)C(CCC)c1cccc(OCC)c1. The van der Waals surface area contributed by atoms with Gasteiger partial charge in [-0.05, 0) is 67.9 Å². The van der Waals surface area contributed by atoms with Crippen molar-refractivity contribution in [3.05, 3.63) is 66.6 Å². The fourth-order valence-electron chi connectivity index (χ4n) is 3.56. The molecule has 0 heterocycles. The van der Waals surface area contributed by atoms with Crippen molar-refractivity contribution in [3.63, 3.8) is 0 Å². The minimum atomic E-state index is 0.333. The Kier molecular flexibility index (Phi) is 7.84. The molecule has 25 heavy (non-hydrogen) atoms. The zero-order valence-electron chi connectivity index (χ0n) is 15.8. The lowest BCUT2D eigenvalue weighted by molar-refractivity contribution is 0.330. The second-order valence-corrected chi connectivity index (χ2v) is 6.27. The summed E-state index contributed by atoms with van der Waals surface area (Å²) in [5.74, 6) is 2.67. The molecule has 2 unspecified atom stereocenters. The van der Waals surface area contributed by atoms with Gasteiger partial charge in [-0.3, -0.25) is 0 Å². The van der Waals surface area contributed by atoms with E-state index in [0.29, 0.717) is 25.0 Å². The minimum absolute atomic E-state index is 0.333. The van der Waals surface area contributed by atoms with Gasteiger partial charge in [0.15, 0.2) is 0 Å². The van der Waals surface area contributed by atoms with E-state index in [1.54, 1.807) is 0 Å². The second kappa shape index (κ2) is 10.1. The van der Waals surface area contributed by atoms with Crippen LogP contribution in [-0.4, -0.2) is 13.2 Å². The zero-order valence-corrected chi connectivity index (χ0v) is 15.8. The highest BCUT2D eigenvalue weighted by Gasteiger charge is 2.25. The van der Waals surface area contributed by atoms with Crippen molar-refractivity contribution in [2.75, 3.05) is 13.2 Å². The Balaban J connectivity index is 2.41. The maximum Gasteiger partial charge on any atom is 0.122 e. The molecule has 0 aliphatic rings. The van der Waals surface area contributed by atoms with Crippen molar-refractivity contribution in [2.24, 2.45) is 0 Å². The van der Waals surface area contributed by atoms with Crippen LogP contribution in [0.2, 0.25) is 0 Å². The first-order chi connectivity index (χ1) is 12.2. The molecule has 2 nitrogen and oxygen atoms in total. The van der Waals surface area contributed by atoms with Crippen molar-refractivity contribution in [3.8, 4) is 11.5 Å². The molecule has 0 bridgehead atoms. The predicted octanol–water partition coefficient (Wildman–Crippen LogP) is 6.38. The fourth-order valence-corrected chi connectivity index (χ4v) is 3.56. The van der Waals surface area contributed by atoms with Gasteiger partial charge in [-0.2, -0.15) is 0 Å². The highest BCUT2D eigenvalue weighted by molar-refractivity contribution is 5.40. The van der Waals surface area contributed by atoms with E-state index in [1.165, 1.54) is 11.1 Å². The first kappa shape index (κ1) is 19.4. The molecule has 2 aromatic carbocycles. The number of ether oxygens (including phenoxy) is 2. The summed E-state index contributed by atoms with van der Waals surface area (Å²) in [6.07, 6.45) is 3.10. The highest BCUT2D eigenvalue weighted by Crippen LogP contribution is 2.42. The molecule has 0 aliphatic heterocycles. The number of para-hydroxylation sites is 1. The van der Waals surface area contributed by atoms with Crippen molar-refractivity contribution in [1.29, 1.82) is 0 Å². The first-order valence-electron chi connectivity index (χ1n) is 9.48. The number of hydrogen-bond acceptors (Lipinski definition) is 2. The van der Waals surface area contributed by atoms with Gasteiger partial charge in [0, 0.05) is 0 Å². The van der Waals surface area contributed by atoms with Crippen molar-refractivity contribution in [2.45, 2.75) is 51.9 Å². The molecule has 2 atom stereocenters. The minimum Gasteiger partial charge on any atom is -0.494 e. The number of rotatable bonds is 10. The quantitative estimate of drug-likeness (QED) is 0.500. The molecule has 0 aliphatic carbocycles. The summed E-state index contributed by atoms with van der Waals surface area (Å²) in [7, 11) is 0. The molecule has 0 saturated carbocycles. The van der Waals surface area contributed by atoms with Gasteiger partial charge >= 0.3 is 0 Å². The molecule has 2 heteroatoms. The highest BCUT2D eigenvalue weighted by atomic mass is 16.5. The van der Waals surface area contributed by atoms with E-state index in [2.05, 4.69) is 50.2 Å². The average molecular weight is 339 g/mol. The van der Waals surface area contributed by atoms with E-state index in [0.717, 1.165) is 30.8 Å². The third kappa shape index (κ3) is 5.01. The van der Waals surface area contributed by atoms with Crippen molar-refractivity contribution in [1.82, 2.24) is 0 Å². The van der Waals surface area contributed by atoms with E-state index >= 15 is 0 Å². The summed E-state index contributed by atoms with van der Waals surface area (Å²) in [5.41, 5.74) is 2.59. The zero-order chi connectivity index (χ0) is 18.1.